The molecule has 0 saturated carbocycles. The van der Waals surface area contributed by atoms with Crippen LogP contribution in [-0.2, 0) is 9.53 Å². The lowest BCUT2D eigenvalue weighted by atomic mass is 10.3. The molecule has 0 aliphatic carbocycles. The lowest BCUT2D eigenvalue weighted by Gasteiger charge is -2.14. The van der Waals surface area contributed by atoms with E-state index in [0.29, 0.717) is 0 Å². The molecule has 0 saturated heterocycles. The van der Waals surface area contributed by atoms with Gasteiger partial charge in [0.15, 0.2) is 6.10 Å². The van der Waals surface area contributed by atoms with Gasteiger partial charge in [-0.1, -0.05) is 11.6 Å². The second kappa shape index (κ2) is 5.72. The largest absolute Gasteiger partial charge is 0.477 e. The number of nitrogen functional groups attached to an aromatic ring is 1. The highest BCUT2D eigenvalue weighted by atomic mass is 35.5. The van der Waals surface area contributed by atoms with Crippen LogP contribution in [0.15, 0.2) is 12.1 Å². The number of halogens is 2. The lowest BCUT2D eigenvalue weighted by molar-refractivity contribution is -0.150. The number of anilines is 1. The average molecular weight is 262 g/mol. The van der Waals surface area contributed by atoms with E-state index in [1.807, 2.05) is 0 Å². The molecule has 1 aromatic rings. The van der Waals surface area contributed by atoms with E-state index in [9.17, 15) is 9.18 Å². The Labute approximate surface area is 103 Å². The Bertz CT molecular complexity index is 425. The van der Waals surface area contributed by atoms with Crippen molar-refractivity contribution in [2.24, 2.45) is 0 Å². The molecule has 17 heavy (non-hydrogen) atoms. The summed E-state index contributed by atoms with van der Waals surface area (Å²) in [5, 5.41) is 0.0489. The molecular formula is C11H13ClFNO3. The van der Waals surface area contributed by atoms with Crippen LogP contribution in [-0.4, -0.2) is 18.7 Å². The van der Waals surface area contributed by atoms with Crippen molar-refractivity contribution >= 4 is 23.3 Å². The van der Waals surface area contributed by atoms with Gasteiger partial charge in [0.2, 0.25) is 0 Å². The molecule has 94 valence electrons. The fourth-order valence-corrected chi connectivity index (χ4v) is 1.33. The Hall–Kier alpha value is -1.49. The maximum atomic E-state index is 13.0. The second-order valence-corrected chi connectivity index (χ2v) is 3.72. The molecule has 0 bridgehead atoms. The first-order chi connectivity index (χ1) is 7.95. The van der Waals surface area contributed by atoms with Crippen LogP contribution >= 0.6 is 11.6 Å². The fourth-order valence-electron chi connectivity index (χ4n) is 1.13. The summed E-state index contributed by atoms with van der Waals surface area (Å²) in [6.45, 7) is 3.45. The number of nitrogens with two attached hydrogens (primary N) is 1. The molecule has 0 fully saturated rings. The summed E-state index contributed by atoms with van der Waals surface area (Å²) in [4.78, 5) is 11.3. The number of esters is 1. The van der Waals surface area contributed by atoms with Crippen LogP contribution in [0.25, 0.3) is 0 Å². The topological polar surface area (TPSA) is 61.5 Å². The molecule has 4 nitrogen and oxygen atoms in total. The third kappa shape index (κ3) is 3.49. The first-order valence-corrected chi connectivity index (χ1v) is 5.41. The zero-order valence-electron chi connectivity index (χ0n) is 9.50. The van der Waals surface area contributed by atoms with Crippen LogP contribution in [0.2, 0.25) is 5.02 Å². The van der Waals surface area contributed by atoms with E-state index in [4.69, 9.17) is 26.8 Å². The van der Waals surface area contributed by atoms with Crippen LogP contribution in [0.5, 0.6) is 5.75 Å². The molecule has 0 radical (unpaired) electrons. The maximum absolute atomic E-state index is 13.0. The highest BCUT2D eigenvalue weighted by Crippen LogP contribution is 2.29. The van der Waals surface area contributed by atoms with Crippen LogP contribution in [0.1, 0.15) is 13.8 Å². The van der Waals surface area contributed by atoms with Crippen LogP contribution in [0, 0.1) is 5.82 Å². The van der Waals surface area contributed by atoms with E-state index in [0.717, 1.165) is 6.07 Å². The monoisotopic (exact) mass is 261 g/mol. The summed E-state index contributed by atoms with van der Waals surface area (Å²) in [7, 11) is 0. The van der Waals surface area contributed by atoms with Crippen molar-refractivity contribution in [2.45, 2.75) is 20.0 Å². The maximum Gasteiger partial charge on any atom is 0.347 e. The SMILES string of the molecule is CCOC(=O)C(C)Oc1cc(N)c(F)cc1Cl. The quantitative estimate of drug-likeness (QED) is 0.668. The van der Waals surface area contributed by atoms with Crippen molar-refractivity contribution in [2.75, 3.05) is 12.3 Å². The molecule has 0 spiro atoms. The number of benzene rings is 1. The van der Waals surface area contributed by atoms with E-state index >= 15 is 0 Å². The third-order valence-electron chi connectivity index (χ3n) is 1.97. The Balaban J connectivity index is 2.81. The van der Waals surface area contributed by atoms with Crippen LogP contribution in [0.4, 0.5) is 10.1 Å². The predicted molar refractivity (Wildman–Crippen MR) is 62.5 cm³/mol. The number of carbonyl (C=O) groups excluding carboxylic acids is 1. The normalized spacial score (nSPS) is 12.0. The number of carbonyl (C=O) groups is 1. The summed E-state index contributed by atoms with van der Waals surface area (Å²) < 4.78 is 23.0. The summed E-state index contributed by atoms with van der Waals surface area (Å²) in [6.07, 6.45) is -0.836. The van der Waals surface area contributed by atoms with E-state index in [2.05, 4.69) is 0 Å². The molecule has 2 N–H and O–H groups in total. The van der Waals surface area contributed by atoms with Gasteiger partial charge in [0, 0.05) is 6.07 Å². The van der Waals surface area contributed by atoms with Gasteiger partial charge >= 0.3 is 5.97 Å². The minimum absolute atomic E-state index is 0.0489. The van der Waals surface area contributed by atoms with E-state index in [-0.39, 0.29) is 23.1 Å². The lowest BCUT2D eigenvalue weighted by Crippen LogP contribution is -2.26. The van der Waals surface area contributed by atoms with Gasteiger partial charge in [0.05, 0.1) is 17.3 Å². The molecule has 1 atom stereocenters. The van der Waals surface area contributed by atoms with Gasteiger partial charge in [-0.3, -0.25) is 0 Å². The summed E-state index contributed by atoms with van der Waals surface area (Å²) in [6, 6.07) is 2.26. The standard InChI is InChI=1S/C11H13ClFNO3/c1-3-16-11(15)6(2)17-10-5-9(14)8(13)4-7(10)12/h4-6H,3,14H2,1-2H3. The Morgan fingerprint density at radius 2 is 2.24 bits per heavy atom. The van der Waals surface area contributed by atoms with Crippen molar-refractivity contribution < 1.29 is 18.7 Å². The van der Waals surface area contributed by atoms with Crippen molar-refractivity contribution in [3.05, 3.63) is 23.0 Å². The summed E-state index contributed by atoms with van der Waals surface area (Å²) in [5.41, 5.74) is 5.27. The molecule has 0 amide bonds. The molecule has 1 rings (SSSR count). The molecule has 0 aromatic heterocycles. The minimum Gasteiger partial charge on any atom is -0.477 e. The second-order valence-electron chi connectivity index (χ2n) is 3.32. The smallest absolute Gasteiger partial charge is 0.347 e. The zero-order valence-corrected chi connectivity index (χ0v) is 10.3. The number of hydrogen-bond donors (Lipinski definition) is 1. The first kappa shape index (κ1) is 13.6. The summed E-state index contributed by atoms with van der Waals surface area (Å²) in [5.74, 6) is -1.01. The van der Waals surface area contributed by atoms with Crippen LogP contribution < -0.4 is 10.5 Å². The van der Waals surface area contributed by atoms with Gasteiger partial charge in [0.1, 0.15) is 11.6 Å². The van der Waals surface area contributed by atoms with Gasteiger partial charge in [0.25, 0.3) is 0 Å². The Kier molecular flexibility index (Phi) is 4.57. The molecule has 6 heteroatoms. The molecule has 0 aliphatic heterocycles. The molecule has 1 unspecified atom stereocenters. The number of hydrogen-bond acceptors (Lipinski definition) is 4. The van der Waals surface area contributed by atoms with Gasteiger partial charge in [-0.15, -0.1) is 0 Å². The number of rotatable bonds is 4. The average Bonchev–Trinajstić information content (AvgIpc) is 2.26. The molecule has 0 aliphatic rings. The predicted octanol–water partition coefficient (Wildman–Crippen LogP) is 2.39. The van der Waals surface area contributed by atoms with E-state index < -0.39 is 17.9 Å². The van der Waals surface area contributed by atoms with Gasteiger partial charge in [-0.05, 0) is 19.9 Å². The molecule has 0 heterocycles. The summed E-state index contributed by atoms with van der Waals surface area (Å²) >= 11 is 5.75. The van der Waals surface area contributed by atoms with E-state index in [1.165, 1.54) is 13.0 Å². The van der Waals surface area contributed by atoms with Crippen molar-refractivity contribution in [1.82, 2.24) is 0 Å². The highest BCUT2D eigenvalue weighted by Gasteiger charge is 2.18. The first-order valence-electron chi connectivity index (χ1n) is 5.03. The van der Waals surface area contributed by atoms with Gasteiger partial charge in [-0.2, -0.15) is 0 Å². The van der Waals surface area contributed by atoms with Gasteiger partial charge in [-0.25, -0.2) is 9.18 Å². The Morgan fingerprint density at radius 3 is 2.82 bits per heavy atom. The molecular weight excluding hydrogens is 249 g/mol. The Morgan fingerprint density at radius 1 is 1.59 bits per heavy atom. The van der Waals surface area contributed by atoms with Gasteiger partial charge < -0.3 is 15.2 Å². The number of ether oxygens (including phenoxy) is 2. The third-order valence-corrected chi connectivity index (χ3v) is 2.27. The van der Waals surface area contributed by atoms with Crippen molar-refractivity contribution in [3.8, 4) is 5.75 Å². The molecule has 1 aromatic carbocycles. The van der Waals surface area contributed by atoms with E-state index in [1.54, 1.807) is 6.92 Å². The zero-order chi connectivity index (χ0) is 13.0. The van der Waals surface area contributed by atoms with Crippen molar-refractivity contribution in [1.29, 1.82) is 0 Å². The minimum atomic E-state index is -0.836. The fraction of sp³-hybridized carbons (Fsp3) is 0.364. The van der Waals surface area contributed by atoms with Crippen LogP contribution in [0.3, 0.4) is 0 Å². The van der Waals surface area contributed by atoms with Crippen molar-refractivity contribution in [3.63, 3.8) is 0 Å². The highest BCUT2D eigenvalue weighted by molar-refractivity contribution is 6.32.